The number of aldehydes is 1. The Morgan fingerprint density at radius 3 is 2.76 bits per heavy atom. The molecule has 4 aromatic rings. The number of esters is 1. The summed E-state index contributed by atoms with van der Waals surface area (Å²) in [6.07, 6.45) is 2.59. The third-order valence-corrected chi connectivity index (χ3v) is 5.28. The second kappa shape index (κ2) is 6.18. The predicted molar refractivity (Wildman–Crippen MR) is 99.6 cm³/mol. The zero-order valence-electron chi connectivity index (χ0n) is 13.6. The van der Waals surface area contributed by atoms with Gasteiger partial charge < -0.3 is 9.14 Å². The van der Waals surface area contributed by atoms with Crippen molar-refractivity contribution in [3.8, 4) is 10.4 Å². The molecule has 0 aliphatic carbocycles. The monoisotopic (exact) mass is 349 g/mol. The molecule has 124 valence electrons. The van der Waals surface area contributed by atoms with Gasteiger partial charge in [-0.3, -0.25) is 4.79 Å². The van der Waals surface area contributed by atoms with Crippen LogP contribution in [0.4, 0.5) is 0 Å². The number of carbonyl (C=O) groups excluding carboxylic acids is 2. The van der Waals surface area contributed by atoms with Gasteiger partial charge in [-0.1, -0.05) is 24.3 Å². The average molecular weight is 349 g/mol. The molecule has 5 heteroatoms. The maximum Gasteiger partial charge on any atom is 0.341 e. The van der Waals surface area contributed by atoms with Crippen molar-refractivity contribution in [1.29, 1.82) is 0 Å². The molecule has 0 atom stereocenters. The lowest BCUT2D eigenvalue weighted by atomic mass is 10.1. The molecule has 0 aliphatic heterocycles. The Balaban J connectivity index is 2.08. The van der Waals surface area contributed by atoms with Crippen LogP contribution in [0.1, 0.15) is 27.8 Å². The highest BCUT2D eigenvalue weighted by atomic mass is 32.1. The molecule has 0 saturated carbocycles. The third kappa shape index (κ3) is 2.44. The largest absolute Gasteiger partial charge is 0.462 e. The summed E-state index contributed by atoms with van der Waals surface area (Å²) in [5, 5.41) is 1.09. The van der Waals surface area contributed by atoms with Crippen LogP contribution < -0.4 is 0 Å². The van der Waals surface area contributed by atoms with E-state index in [1.165, 1.54) is 0 Å². The maximum atomic E-state index is 12.7. The number of fused-ring (bicyclic) bond motifs is 2. The topological polar surface area (TPSA) is 47.8 Å². The minimum atomic E-state index is -0.410. The second-order valence-corrected chi connectivity index (χ2v) is 6.66. The van der Waals surface area contributed by atoms with E-state index in [2.05, 4.69) is 0 Å². The van der Waals surface area contributed by atoms with Gasteiger partial charge in [0.15, 0.2) is 6.29 Å². The van der Waals surface area contributed by atoms with E-state index in [1.54, 1.807) is 28.9 Å². The van der Waals surface area contributed by atoms with Crippen LogP contribution in [0.25, 0.3) is 26.0 Å². The Labute approximate surface area is 148 Å². The summed E-state index contributed by atoms with van der Waals surface area (Å²) in [5.41, 5.74) is 2.22. The Morgan fingerprint density at radius 1 is 1.20 bits per heavy atom. The highest BCUT2D eigenvalue weighted by Crippen LogP contribution is 2.39. The lowest BCUT2D eigenvalue weighted by molar-refractivity contribution is 0.0529. The van der Waals surface area contributed by atoms with E-state index in [0.717, 1.165) is 21.2 Å². The number of pyridine rings is 1. The van der Waals surface area contributed by atoms with Gasteiger partial charge >= 0.3 is 5.97 Å². The van der Waals surface area contributed by atoms with Crippen molar-refractivity contribution < 1.29 is 14.3 Å². The summed E-state index contributed by atoms with van der Waals surface area (Å²) in [6, 6.07) is 15.5. The SMILES string of the molecule is CCOC(=O)c1c(-c2cc3ccccc3s2)c(C=O)n2ccccc12. The lowest BCUT2D eigenvalue weighted by Gasteiger charge is -2.03. The Morgan fingerprint density at radius 2 is 2.00 bits per heavy atom. The summed E-state index contributed by atoms with van der Waals surface area (Å²) in [4.78, 5) is 25.4. The van der Waals surface area contributed by atoms with Crippen LogP contribution in [0.15, 0.2) is 54.7 Å². The minimum absolute atomic E-state index is 0.283. The van der Waals surface area contributed by atoms with E-state index in [0.29, 0.717) is 22.3 Å². The van der Waals surface area contributed by atoms with Crippen molar-refractivity contribution in [2.24, 2.45) is 0 Å². The Kier molecular flexibility index (Phi) is 3.86. The van der Waals surface area contributed by atoms with Crippen molar-refractivity contribution in [3.05, 3.63) is 66.0 Å². The van der Waals surface area contributed by atoms with E-state index < -0.39 is 5.97 Å². The summed E-state index contributed by atoms with van der Waals surface area (Å²) in [6.45, 7) is 2.06. The van der Waals surface area contributed by atoms with Gasteiger partial charge in [-0.2, -0.15) is 0 Å². The number of hydrogen-bond acceptors (Lipinski definition) is 4. The molecule has 0 spiro atoms. The van der Waals surface area contributed by atoms with Crippen LogP contribution in [-0.2, 0) is 4.74 Å². The zero-order chi connectivity index (χ0) is 17.4. The van der Waals surface area contributed by atoms with Crippen molar-refractivity contribution in [1.82, 2.24) is 4.40 Å². The number of hydrogen-bond donors (Lipinski definition) is 0. The van der Waals surface area contributed by atoms with Crippen LogP contribution in [0, 0.1) is 0 Å². The van der Waals surface area contributed by atoms with Crippen molar-refractivity contribution in [3.63, 3.8) is 0 Å². The number of aromatic nitrogens is 1. The molecule has 0 fully saturated rings. The van der Waals surface area contributed by atoms with E-state index >= 15 is 0 Å². The first-order chi connectivity index (χ1) is 12.2. The van der Waals surface area contributed by atoms with Gasteiger partial charge in [-0.05, 0) is 36.6 Å². The molecule has 4 rings (SSSR count). The summed E-state index contributed by atoms with van der Waals surface area (Å²) in [7, 11) is 0. The summed E-state index contributed by atoms with van der Waals surface area (Å²) >= 11 is 1.56. The molecule has 0 unspecified atom stereocenters. The number of nitrogens with zero attached hydrogens (tertiary/aromatic N) is 1. The fraction of sp³-hybridized carbons (Fsp3) is 0.100. The maximum absolute atomic E-state index is 12.7. The molecule has 0 saturated heterocycles. The second-order valence-electron chi connectivity index (χ2n) is 5.58. The van der Waals surface area contributed by atoms with Gasteiger partial charge in [-0.25, -0.2) is 4.79 Å². The first-order valence-electron chi connectivity index (χ1n) is 7.99. The molecule has 0 aliphatic rings. The van der Waals surface area contributed by atoms with Gasteiger partial charge in [0.2, 0.25) is 0 Å². The zero-order valence-corrected chi connectivity index (χ0v) is 14.4. The van der Waals surface area contributed by atoms with Crippen molar-refractivity contribution >= 4 is 39.2 Å². The van der Waals surface area contributed by atoms with Gasteiger partial charge in [0.25, 0.3) is 0 Å². The lowest BCUT2D eigenvalue weighted by Crippen LogP contribution is -2.05. The predicted octanol–water partition coefficient (Wildman–Crippen LogP) is 4.81. The standard InChI is InChI=1S/C20H15NO3S/c1-2-24-20(23)19-14-8-5-6-10-21(14)15(12-22)18(19)17-11-13-7-3-4-9-16(13)25-17/h3-12H,2H2,1H3. The summed E-state index contributed by atoms with van der Waals surface area (Å²) in [5.74, 6) is -0.410. The van der Waals surface area contributed by atoms with Crippen LogP contribution in [0.5, 0.6) is 0 Å². The highest BCUT2D eigenvalue weighted by molar-refractivity contribution is 7.22. The molecule has 3 heterocycles. The van der Waals surface area contributed by atoms with Crippen LogP contribution in [0.2, 0.25) is 0 Å². The minimum Gasteiger partial charge on any atom is -0.462 e. The molecule has 4 nitrogen and oxygen atoms in total. The molecule has 0 radical (unpaired) electrons. The highest BCUT2D eigenvalue weighted by Gasteiger charge is 2.26. The normalized spacial score (nSPS) is 11.1. The molecule has 25 heavy (non-hydrogen) atoms. The number of thiophene rings is 1. The van der Waals surface area contributed by atoms with Crippen LogP contribution in [-0.4, -0.2) is 23.3 Å². The van der Waals surface area contributed by atoms with E-state index in [9.17, 15) is 9.59 Å². The van der Waals surface area contributed by atoms with Gasteiger partial charge in [0, 0.05) is 21.3 Å². The van der Waals surface area contributed by atoms with Crippen LogP contribution in [0.3, 0.4) is 0 Å². The molecule has 0 bridgehead atoms. The van der Waals surface area contributed by atoms with E-state index in [4.69, 9.17) is 4.74 Å². The number of ether oxygens (including phenoxy) is 1. The number of carbonyl (C=O) groups is 2. The smallest absolute Gasteiger partial charge is 0.341 e. The summed E-state index contributed by atoms with van der Waals surface area (Å²) < 4.78 is 8.13. The van der Waals surface area contributed by atoms with Gasteiger partial charge in [0.1, 0.15) is 0 Å². The molecular weight excluding hydrogens is 334 g/mol. The molecule has 0 N–H and O–H groups in total. The van der Waals surface area contributed by atoms with E-state index in [1.807, 2.05) is 48.5 Å². The Hall–Kier alpha value is -2.92. The average Bonchev–Trinajstić information content (AvgIpc) is 3.20. The first-order valence-corrected chi connectivity index (χ1v) is 8.80. The van der Waals surface area contributed by atoms with Crippen molar-refractivity contribution in [2.75, 3.05) is 6.61 Å². The molecule has 3 aromatic heterocycles. The number of benzene rings is 1. The van der Waals surface area contributed by atoms with Gasteiger partial charge in [-0.15, -0.1) is 11.3 Å². The Bertz CT molecular complexity index is 1070. The van der Waals surface area contributed by atoms with Crippen LogP contribution >= 0.6 is 11.3 Å². The van der Waals surface area contributed by atoms with Crippen molar-refractivity contribution in [2.45, 2.75) is 6.92 Å². The fourth-order valence-electron chi connectivity index (χ4n) is 3.11. The fourth-order valence-corrected chi connectivity index (χ4v) is 4.24. The number of rotatable bonds is 4. The quantitative estimate of drug-likeness (QED) is 0.392. The first kappa shape index (κ1) is 15.6. The molecule has 0 amide bonds. The van der Waals surface area contributed by atoms with E-state index in [-0.39, 0.29) is 6.61 Å². The third-order valence-electron chi connectivity index (χ3n) is 4.14. The van der Waals surface area contributed by atoms with Gasteiger partial charge in [0.05, 0.1) is 23.4 Å². The molecule has 1 aromatic carbocycles. The molecular formula is C20H15NO3S.